The lowest BCUT2D eigenvalue weighted by Gasteiger charge is -2.34. The van der Waals surface area contributed by atoms with Crippen LogP contribution in [0.4, 0.5) is 4.39 Å². The minimum absolute atomic E-state index is 0.0397. The topological polar surface area (TPSA) is 71.4 Å². The largest absolute Gasteiger partial charge is 0.496 e. The molecule has 0 radical (unpaired) electrons. The number of nitrogens with zero attached hydrogens (tertiary/aromatic N) is 3. The summed E-state index contributed by atoms with van der Waals surface area (Å²) in [5.41, 5.74) is 2.16. The van der Waals surface area contributed by atoms with E-state index in [9.17, 15) is 14.0 Å². The van der Waals surface area contributed by atoms with E-state index < -0.39 is 12.1 Å². The van der Waals surface area contributed by atoms with E-state index in [0.29, 0.717) is 43.0 Å². The number of likely N-dealkylation sites (tertiary alicyclic amines) is 1. The molecular formula is C26H30FN3O4. The highest BCUT2D eigenvalue weighted by Gasteiger charge is 2.37. The quantitative estimate of drug-likeness (QED) is 0.577. The third-order valence-electron chi connectivity index (χ3n) is 6.33. The van der Waals surface area contributed by atoms with Crippen LogP contribution in [0.25, 0.3) is 0 Å². The molecule has 0 N–H and O–H groups in total. The molecule has 0 aromatic heterocycles. The molecule has 0 unspecified atom stereocenters. The fourth-order valence-electron chi connectivity index (χ4n) is 4.69. The molecule has 2 aliphatic heterocycles. The number of hydrogen-bond acceptors (Lipinski definition) is 6. The SMILES string of the molecule is CCOC(=O)[C@H]1CCCCN1CC(=O)N1N=C(c2ccccc2OC)C[C@H]1c1cccc(F)c1. The number of para-hydroxylation sites is 1. The van der Waals surface area contributed by atoms with Crippen molar-refractivity contribution in [3.8, 4) is 5.75 Å². The summed E-state index contributed by atoms with van der Waals surface area (Å²) in [6.45, 7) is 2.75. The van der Waals surface area contributed by atoms with Gasteiger partial charge in [0.1, 0.15) is 17.6 Å². The summed E-state index contributed by atoms with van der Waals surface area (Å²) >= 11 is 0. The lowest BCUT2D eigenvalue weighted by atomic mass is 9.97. The maximum absolute atomic E-state index is 14.1. The van der Waals surface area contributed by atoms with Gasteiger partial charge in [-0.15, -0.1) is 0 Å². The van der Waals surface area contributed by atoms with Gasteiger partial charge in [-0.3, -0.25) is 14.5 Å². The van der Waals surface area contributed by atoms with Gasteiger partial charge in [0.05, 0.1) is 32.0 Å². The maximum atomic E-state index is 14.1. The van der Waals surface area contributed by atoms with Gasteiger partial charge in [-0.1, -0.05) is 30.7 Å². The first kappa shape index (κ1) is 23.9. The summed E-state index contributed by atoms with van der Waals surface area (Å²) in [5.74, 6) is -0.243. The third-order valence-corrected chi connectivity index (χ3v) is 6.33. The number of carbonyl (C=O) groups excluding carboxylic acids is 2. The molecule has 180 valence electrons. The number of hydrazone groups is 1. The Morgan fingerprint density at radius 1 is 1.15 bits per heavy atom. The first-order valence-corrected chi connectivity index (χ1v) is 11.7. The minimum Gasteiger partial charge on any atom is -0.496 e. The second-order valence-electron chi connectivity index (χ2n) is 8.49. The van der Waals surface area contributed by atoms with Crippen LogP contribution < -0.4 is 4.74 Å². The molecule has 1 amide bonds. The van der Waals surface area contributed by atoms with Gasteiger partial charge in [0, 0.05) is 12.0 Å². The summed E-state index contributed by atoms with van der Waals surface area (Å²) in [7, 11) is 1.59. The molecule has 0 spiro atoms. The standard InChI is InChI=1S/C26H30FN3O4/c1-3-34-26(32)22-12-6-7-14-29(22)17-25(31)30-23(18-9-8-10-19(27)15-18)16-21(28-30)20-11-4-5-13-24(20)33-2/h4-5,8-11,13,15,22-23H,3,6-7,12,14,16-17H2,1-2H3/t22-,23+/m1/s1. The van der Waals surface area contributed by atoms with E-state index in [4.69, 9.17) is 9.47 Å². The van der Waals surface area contributed by atoms with E-state index in [2.05, 4.69) is 5.10 Å². The number of carbonyl (C=O) groups is 2. The molecule has 0 bridgehead atoms. The molecule has 8 heteroatoms. The highest BCUT2D eigenvalue weighted by atomic mass is 19.1. The molecule has 2 aromatic rings. The fourth-order valence-corrected chi connectivity index (χ4v) is 4.69. The van der Waals surface area contributed by atoms with Gasteiger partial charge in [0.15, 0.2) is 0 Å². The molecule has 1 saturated heterocycles. The molecule has 4 rings (SSSR count). The Hall–Kier alpha value is -3.26. The molecule has 2 heterocycles. The Kier molecular flexibility index (Phi) is 7.57. The van der Waals surface area contributed by atoms with Crippen molar-refractivity contribution < 1.29 is 23.5 Å². The first-order chi connectivity index (χ1) is 16.5. The van der Waals surface area contributed by atoms with Crippen LogP contribution in [0.1, 0.15) is 49.8 Å². The van der Waals surface area contributed by atoms with Gasteiger partial charge in [0.25, 0.3) is 5.91 Å². The number of halogens is 1. The zero-order valence-corrected chi connectivity index (χ0v) is 19.6. The highest BCUT2D eigenvalue weighted by molar-refractivity contribution is 6.05. The van der Waals surface area contributed by atoms with Crippen molar-refractivity contribution in [1.82, 2.24) is 9.91 Å². The van der Waals surface area contributed by atoms with Crippen molar-refractivity contribution in [2.75, 3.05) is 26.8 Å². The van der Waals surface area contributed by atoms with Crippen LogP contribution in [0.5, 0.6) is 5.75 Å². The summed E-state index contributed by atoms with van der Waals surface area (Å²) < 4.78 is 24.8. The van der Waals surface area contributed by atoms with Crippen LogP contribution in [0, 0.1) is 5.82 Å². The molecule has 2 atom stereocenters. The number of methoxy groups -OCH3 is 1. The van der Waals surface area contributed by atoms with Gasteiger partial charge in [-0.25, -0.2) is 9.40 Å². The monoisotopic (exact) mass is 467 g/mol. The number of ether oxygens (including phenoxy) is 2. The summed E-state index contributed by atoms with van der Waals surface area (Å²) in [5, 5.41) is 6.12. The van der Waals surface area contributed by atoms with Crippen molar-refractivity contribution in [1.29, 1.82) is 0 Å². The van der Waals surface area contributed by atoms with Crippen molar-refractivity contribution in [2.24, 2.45) is 5.10 Å². The van der Waals surface area contributed by atoms with Crippen molar-refractivity contribution in [3.63, 3.8) is 0 Å². The van der Waals surface area contributed by atoms with Gasteiger partial charge >= 0.3 is 5.97 Å². The van der Waals surface area contributed by atoms with Crippen LogP contribution in [-0.4, -0.2) is 60.3 Å². The second-order valence-corrected chi connectivity index (χ2v) is 8.49. The van der Waals surface area contributed by atoms with E-state index in [1.165, 1.54) is 17.1 Å². The summed E-state index contributed by atoms with van der Waals surface area (Å²) in [4.78, 5) is 27.9. The molecule has 1 fully saturated rings. The van der Waals surface area contributed by atoms with Gasteiger partial charge in [-0.2, -0.15) is 5.10 Å². The van der Waals surface area contributed by atoms with Crippen molar-refractivity contribution in [3.05, 3.63) is 65.5 Å². The Morgan fingerprint density at radius 2 is 1.97 bits per heavy atom. The maximum Gasteiger partial charge on any atom is 0.323 e. The molecule has 0 saturated carbocycles. The number of amides is 1. The van der Waals surface area contributed by atoms with Crippen LogP contribution in [0.2, 0.25) is 0 Å². The van der Waals surface area contributed by atoms with E-state index >= 15 is 0 Å². The zero-order chi connectivity index (χ0) is 24.1. The Bertz CT molecular complexity index is 1070. The zero-order valence-electron chi connectivity index (χ0n) is 19.6. The second kappa shape index (κ2) is 10.8. The lowest BCUT2D eigenvalue weighted by Crippen LogP contribution is -2.49. The average molecular weight is 468 g/mol. The van der Waals surface area contributed by atoms with E-state index in [0.717, 1.165) is 18.4 Å². The van der Waals surface area contributed by atoms with Crippen LogP contribution in [0.15, 0.2) is 53.6 Å². The minimum atomic E-state index is -0.450. The molecule has 2 aromatic carbocycles. The number of esters is 1. The molecule has 2 aliphatic rings. The van der Waals surface area contributed by atoms with Gasteiger partial charge in [-0.05, 0) is 56.1 Å². The molecular weight excluding hydrogens is 437 g/mol. The summed E-state index contributed by atoms with van der Waals surface area (Å²) in [6.07, 6.45) is 2.91. The fraction of sp³-hybridized carbons (Fsp3) is 0.423. The highest BCUT2D eigenvalue weighted by Crippen LogP contribution is 2.35. The Balaban J connectivity index is 1.63. The van der Waals surface area contributed by atoms with E-state index in [1.54, 1.807) is 26.2 Å². The van der Waals surface area contributed by atoms with E-state index in [1.807, 2.05) is 29.2 Å². The molecule has 0 aliphatic carbocycles. The predicted octanol–water partition coefficient (Wildman–Crippen LogP) is 3.93. The number of piperidine rings is 1. The average Bonchev–Trinajstić information content (AvgIpc) is 3.30. The Labute approximate surface area is 199 Å². The van der Waals surface area contributed by atoms with Gasteiger partial charge < -0.3 is 9.47 Å². The molecule has 34 heavy (non-hydrogen) atoms. The smallest absolute Gasteiger partial charge is 0.323 e. The third kappa shape index (κ3) is 5.12. The normalized spacial score (nSPS) is 20.7. The lowest BCUT2D eigenvalue weighted by molar-refractivity contribution is -0.152. The number of rotatable bonds is 7. The van der Waals surface area contributed by atoms with Gasteiger partial charge in [0.2, 0.25) is 0 Å². The van der Waals surface area contributed by atoms with Crippen LogP contribution in [0.3, 0.4) is 0 Å². The van der Waals surface area contributed by atoms with Crippen molar-refractivity contribution >= 4 is 17.6 Å². The van der Waals surface area contributed by atoms with Crippen LogP contribution in [-0.2, 0) is 14.3 Å². The number of hydrogen-bond donors (Lipinski definition) is 0. The molecule has 7 nitrogen and oxygen atoms in total. The number of benzene rings is 2. The predicted molar refractivity (Wildman–Crippen MR) is 126 cm³/mol. The summed E-state index contributed by atoms with van der Waals surface area (Å²) in [6, 6.07) is 12.9. The van der Waals surface area contributed by atoms with Crippen LogP contribution >= 0.6 is 0 Å². The van der Waals surface area contributed by atoms with Crippen molar-refractivity contribution in [2.45, 2.75) is 44.7 Å². The van der Waals surface area contributed by atoms with E-state index in [-0.39, 0.29) is 24.2 Å². The first-order valence-electron chi connectivity index (χ1n) is 11.7. The Morgan fingerprint density at radius 3 is 2.74 bits per heavy atom.